The molecule has 0 aromatic heterocycles. The number of ether oxygens (including phenoxy) is 1. The first kappa shape index (κ1) is 15.5. The standard InChI is InChI=1S/C8H10O2.2Na.2H/c9-6-7-10-8-4-2-1-3-5-8;;;;/h1-5,9H,6-7H2;;;;. The van der Waals surface area contributed by atoms with Gasteiger partial charge in [-0.15, -0.1) is 0 Å². The number of para-hydroxylation sites is 1. The molecule has 0 radical (unpaired) electrons. The van der Waals surface area contributed by atoms with E-state index in [4.69, 9.17) is 9.84 Å². The predicted molar refractivity (Wildman–Crippen MR) is 53.3 cm³/mol. The van der Waals surface area contributed by atoms with E-state index in [1.807, 2.05) is 30.3 Å². The first-order chi connectivity index (χ1) is 4.93. The van der Waals surface area contributed by atoms with E-state index in [1.54, 1.807) is 0 Å². The molecule has 2 nitrogen and oxygen atoms in total. The van der Waals surface area contributed by atoms with E-state index in [0.29, 0.717) is 6.61 Å². The first-order valence-electron chi connectivity index (χ1n) is 3.22. The van der Waals surface area contributed by atoms with Gasteiger partial charge < -0.3 is 9.84 Å². The molecule has 0 bridgehead atoms. The predicted octanol–water partition coefficient (Wildman–Crippen LogP) is -0.239. The Labute approximate surface area is 117 Å². The number of rotatable bonds is 3. The van der Waals surface area contributed by atoms with Crippen LogP contribution in [0.4, 0.5) is 0 Å². The summed E-state index contributed by atoms with van der Waals surface area (Å²) in [5.41, 5.74) is 0. The SMILES string of the molecule is OCCOc1ccccc1.[NaH].[NaH]. The van der Waals surface area contributed by atoms with Crippen molar-refractivity contribution in [2.45, 2.75) is 0 Å². The van der Waals surface area contributed by atoms with Gasteiger partial charge in [0.15, 0.2) is 0 Å². The Kier molecular flexibility index (Phi) is 13.0. The topological polar surface area (TPSA) is 29.5 Å². The molecule has 1 aromatic rings. The van der Waals surface area contributed by atoms with Crippen molar-refractivity contribution >= 4 is 59.1 Å². The first-order valence-corrected chi connectivity index (χ1v) is 3.22. The Morgan fingerprint density at radius 1 is 1.08 bits per heavy atom. The van der Waals surface area contributed by atoms with Crippen LogP contribution in [0.5, 0.6) is 5.75 Å². The molecular weight excluding hydrogens is 174 g/mol. The van der Waals surface area contributed by atoms with Crippen molar-refractivity contribution in [3.8, 4) is 5.75 Å². The number of benzene rings is 1. The Morgan fingerprint density at radius 2 is 1.67 bits per heavy atom. The van der Waals surface area contributed by atoms with Crippen LogP contribution in [0.15, 0.2) is 30.3 Å². The molecule has 1 aromatic carbocycles. The third kappa shape index (κ3) is 6.49. The molecule has 0 aliphatic rings. The number of aliphatic hydroxyl groups is 1. The molecule has 1 rings (SSSR count). The summed E-state index contributed by atoms with van der Waals surface area (Å²) in [6, 6.07) is 9.43. The van der Waals surface area contributed by atoms with Crippen molar-refractivity contribution in [3.05, 3.63) is 30.3 Å². The molecule has 0 aliphatic carbocycles. The van der Waals surface area contributed by atoms with Gasteiger partial charge in [-0.2, -0.15) is 0 Å². The van der Waals surface area contributed by atoms with Crippen LogP contribution < -0.4 is 4.74 Å². The van der Waals surface area contributed by atoms with E-state index in [-0.39, 0.29) is 65.7 Å². The molecule has 0 fully saturated rings. The molecule has 0 spiro atoms. The average molecular weight is 186 g/mol. The van der Waals surface area contributed by atoms with Crippen LogP contribution in [-0.4, -0.2) is 77.4 Å². The molecule has 4 heteroatoms. The summed E-state index contributed by atoms with van der Waals surface area (Å²) in [6.07, 6.45) is 0. The summed E-state index contributed by atoms with van der Waals surface area (Å²) < 4.78 is 5.11. The Hall–Kier alpha value is 0.980. The zero-order chi connectivity index (χ0) is 7.23. The van der Waals surface area contributed by atoms with Crippen molar-refractivity contribution in [2.75, 3.05) is 13.2 Å². The third-order valence-corrected chi connectivity index (χ3v) is 1.10. The molecular formula is C8H12Na2O2. The van der Waals surface area contributed by atoms with Crippen molar-refractivity contribution in [1.29, 1.82) is 0 Å². The summed E-state index contributed by atoms with van der Waals surface area (Å²) in [5, 5.41) is 8.40. The van der Waals surface area contributed by atoms with Gasteiger partial charge in [0.1, 0.15) is 12.4 Å². The summed E-state index contributed by atoms with van der Waals surface area (Å²) in [6.45, 7) is 0.429. The Balaban J connectivity index is 0. The second-order valence-electron chi connectivity index (χ2n) is 1.89. The average Bonchev–Trinajstić information content (AvgIpc) is 2.03. The minimum absolute atomic E-state index is 0. The van der Waals surface area contributed by atoms with E-state index in [9.17, 15) is 0 Å². The Bertz CT molecular complexity index is 180. The molecule has 1 N–H and O–H groups in total. The second-order valence-corrected chi connectivity index (χ2v) is 1.89. The van der Waals surface area contributed by atoms with Crippen molar-refractivity contribution in [3.63, 3.8) is 0 Å². The van der Waals surface area contributed by atoms with Gasteiger partial charge in [-0.05, 0) is 12.1 Å². The summed E-state index contributed by atoms with van der Waals surface area (Å²) in [5.74, 6) is 0.802. The molecule has 0 heterocycles. The van der Waals surface area contributed by atoms with Gasteiger partial charge in [0.05, 0.1) is 6.61 Å². The molecule has 0 saturated heterocycles. The molecule has 58 valence electrons. The van der Waals surface area contributed by atoms with Crippen LogP contribution in [0.3, 0.4) is 0 Å². The van der Waals surface area contributed by atoms with Crippen LogP contribution in [0, 0.1) is 0 Å². The number of aliphatic hydroxyl groups excluding tert-OH is 1. The van der Waals surface area contributed by atoms with Gasteiger partial charge in [0.2, 0.25) is 0 Å². The Morgan fingerprint density at radius 3 is 2.17 bits per heavy atom. The van der Waals surface area contributed by atoms with Gasteiger partial charge in [-0.1, -0.05) is 18.2 Å². The van der Waals surface area contributed by atoms with E-state index >= 15 is 0 Å². The monoisotopic (exact) mass is 186 g/mol. The van der Waals surface area contributed by atoms with Gasteiger partial charge in [0.25, 0.3) is 0 Å². The number of hydrogen-bond acceptors (Lipinski definition) is 2. The van der Waals surface area contributed by atoms with Crippen molar-refractivity contribution in [2.24, 2.45) is 0 Å². The normalized spacial score (nSPS) is 7.75. The fraction of sp³-hybridized carbons (Fsp3) is 0.250. The summed E-state index contributed by atoms with van der Waals surface area (Å²) in [4.78, 5) is 0. The second kappa shape index (κ2) is 10.1. The van der Waals surface area contributed by atoms with Gasteiger partial charge in [0, 0.05) is 0 Å². The maximum absolute atomic E-state index is 8.40. The van der Waals surface area contributed by atoms with Gasteiger partial charge in [-0.3, -0.25) is 0 Å². The van der Waals surface area contributed by atoms with E-state index in [2.05, 4.69) is 0 Å². The summed E-state index contributed by atoms with van der Waals surface area (Å²) >= 11 is 0. The van der Waals surface area contributed by atoms with Crippen LogP contribution in [0.2, 0.25) is 0 Å². The molecule has 0 atom stereocenters. The van der Waals surface area contributed by atoms with Crippen LogP contribution in [0.25, 0.3) is 0 Å². The maximum atomic E-state index is 8.40. The van der Waals surface area contributed by atoms with E-state index < -0.39 is 0 Å². The van der Waals surface area contributed by atoms with E-state index in [0.717, 1.165) is 5.75 Å². The fourth-order valence-corrected chi connectivity index (χ4v) is 0.680. The third-order valence-electron chi connectivity index (χ3n) is 1.10. The molecule has 0 aliphatic heterocycles. The van der Waals surface area contributed by atoms with E-state index in [1.165, 1.54) is 0 Å². The molecule has 0 saturated carbocycles. The zero-order valence-electron chi connectivity index (χ0n) is 5.66. The summed E-state index contributed by atoms with van der Waals surface area (Å²) in [7, 11) is 0. The van der Waals surface area contributed by atoms with Crippen molar-refractivity contribution < 1.29 is 9.84 Å². The van der Waals surface area contributed by atoms with Gasteiger partial charge >= 0.3 is 59.1 Å². The fourth-order valence-electron chi connectivity index (χ4n) is 0.680. The van der Waals surface area contributed by atoms with Crippen LogP contribution in [0.1, 0.15) is 0 Å². The quantitative estimate of drug-likeness (QED) is 0.660. The minimum atomic E-state index is 0. The van der Waals surface area contributed by atoms with Gasteiger partial charge in [-0.25, -0.2) is 0 Å². The van der Waals surface area contributed by atoms with Crippen LogP contribution >= 0.6 is 0 Å². The van der Waals surface area contributed by atoms with Crippen molar-refractivity contribution in [1.82, 2.24) is 0 Å². The molecule has 0 amide bonds. The zero-order valence-corrected chi connectivity index (χ0v) is 5.66. The van der Waals surface area contributed by atoms with Crippen LogP contribution in [-0.2, 0) is 0 Å². The molecule has 12 heavy (non-hydrogen) atoms. The number of hydrogen-bond donors (Lipinski definition) is 1. The molecule has 0 unspecified atom stereocenters.